The van der Waals surface area contributed by atoms with Gasteiger partial charge in [-0.3, -0.25) is 9.13 Å². The first-order valence-corrected chi connectivity index (χ1v) is 16.1. The molecule has 0 amide bonds. The Bertz CT molecular complexity index is 2770. The van der Waals surface area contributed by atoms with Crippen molar-refractivity contribution in [2.45, 2.75) is 0 Å². The van der Waals surface area contributed by atoms with Crippen LogP contribution in [0.3, 0.4) is 0 Å². The number of aromatic nitrogens is 4. The highest BCUT2D eigenvalue weighted by atomic mass is 16.1. The zero-order valence-corrected chi connectivity index (χ0v) is 26.6. The van der Waals surface area contributed by atoms with Gasteiger partial charge in [0.1, 0.15) is 0 Å². The van der Waals surface area contributed by atoms with Crippen LogP contribution in [0.2, 0.25) is 0 Å². The summed E-state index contributed by atoms with van der Waals surface area (Å²) < 4.78 is 3.38. The molecule has 0 spiro atoms. The van der Waals surface area contributed by atoms with E-state index in [0.717, 1.165) is 50.2 Å². The summed E-state index contributed by atoms with van der Waals surface area (Å²) in [5.41, 5.74) is 8.58. The highest BCUT2D eigenvalue weighted by Gasteiger charge is 2.14. The van der Waals surface area contributed by atoms with E-state index in [9.17, 15) is 4.79 Å². The molecule has 2 aromatic heterocycles. The van der Waals surface area contributed by atoms with Gasteiger partial charge in [0.25, 0.3) is 0 Å². The van der Waals surface area contributed by atoms with Crippen LogP contribution in [0.1, 0.15) is 0 Å². The molecular formula is C43H30N4O. The van der Waals surface area contributed by atoms with E-state index in [4.69, 9.17) is 9.97 Å². The Kier molecular flexibility index (Phi) is 6.34. The van der Waals surface area contributed by atoms with E-state index in [-0.39, 0.29) is 5.69 Å². The lowest BCUT2D eigenvalue weighted by Crippen LogP contribution is -2.19. The van der Waals surface area contributed by atoms with Gasteiger partial charge >= 0.3 is 5.69 Å². The van der Waals surface area contributed by atoms with Gasteiger partial charge in [0.05, 0.1) is 22.4 Å². The van der Waals surface area contributed by atoms with Gasteiger partial charge in [0.15, 0.2) is 5.82 Å². The fourth-order valence-electron chi connectivity index (χ4n) is 6.99. The maximum absolute atomic E-state index is 12.6. The van der Waals surface area contributed by atoms with Crippen LogP contribution < -0.4 is 5.69 Å². The Morgan fingerprint density at radius 1 is 0.417 bits per heavy atom. The molecule has 0 N–H and O–H groups in total. The van der Waals surface area contributed by atoms with E-state index in [0.29, 0.717) is 5.82 Å². The molecule has 0 bridgehead atoms. The van der Waals surface area contributed by atoms with Crippen LogP contribution in [0.15, 0.2) is 150 Å². The van der Waals surface area contributed by atoms with Gasteiger partial charge in [-0.15, -0.1) is 0 Å². The summed E-state index contributed by atoms with van der Waals surface area (Å²) >= 11 is 0. The molecule has 2 heterocycles. The van der Waals surface area contributed by atoms with E-state index < -0.39 is 0 Å². The summed E-state index contributed by atoms with van der Waals surface area (Å²) in [6, 6.07) is 50.9. The van der Waals surface area contributed by atoms with Crippen LogP contribution in [-0.4, -0.2) is 19.1 Å². The van der Waals surface area contributed by atoms with Crippen LogP contribution in [0.5, 0.6) is 0 Å². The number of rotatable bonds is 4. The lowest BCUT2D eigenvalue weighted by atomic mass is 9.95. The van der Waals surface area contributed by atoms with Crippen molar-refractivity contribution in [1.82, 2.24) is 19.1 Å². The molecule has 0 radical (unpaired) electrons. The average molecular weight is 619 g/mol. The quantitative estimate of drug-likeness (QED) is 0.185. The largest absolute Gasteiger partial charge is 0.328 e. The summed E-state index contributed by atoms with van der Waals surface area (Å²) in [7, 11) is 3.62. The molecule has 0 aliphatic heterocycles. The minimum Gasteiger partial charge on any atom is -0.295 e. The van der Waals surface area contributed by atoms with E-state index in [1.807, 2.05) is 38.4 Å². The SMILES string of the molecule is Cn1c(=O)n(C)c2cc(-c3cccc(-c4cc(-c5ccc6c(ccc7c8ccccc8ccc67)c5)nc(-c5ccccc5)n4)c3)ccc21. The number of fused-ring (bicyclic) bond motifs is 6. The van der Waals surface area contributed by atoms with Gasteiger partial charge in [-0.2, -0.15) is 0 Å². The molecule has 7 aromatic carbocycles. The maximum atomic E-state index is 12.6. The maximum Gasteiger partial charge on any atom is 0.328 e. The first kappa shape index (κ1) is 27.9. The Morgan fingerprint density at radius 2 is 1.00 bits per heavy atom. The standard InChI is InChI=1S/C43H30N4O/c1-46-40-22-18-30(25-41(40)47(2)43(46)48)29-12-8-13-32(23-29)38-26-39(45-42(44-38)28-10-4-3-5-11-28)33-17-19-35-31(24-33)16-21-36-34-14-7-6-9-27(34)15-20-37(35)36/h3-26H,1-2H3. The molecule has 48 heavy (non-hydrogen) atoms. The van der Waals surface area contributed by atoms with Crippen LogP contribution in [0.25, 0.3) is 88.4 Å². The molecule has 0 aliphatic carbocycles. The Balaban J connectivity index is 1.18. The van der Waals surface area contributed by atoms with E-state index >= 15 is 0 Å². The second kappa shape index (κ2) is 10.9. The van der Waals surface area contributed by atoms with E-state index in [1.54, 1.807) is 9.13 Å². The van der Waals surface area contributed by atoms with Gasteiger partial charge < -0.3 is 0 Å². The van der Waals surface area contributed by atoms with E-state index in [2.05, 4.69) is 121 Å². The number of imidazole rings is 1. The van der Waals surface area contributed by atoms with Crippen molar-refractivity contribution in [3.8, 4) is 45.0 Å². The summed E-state index contributed by atoms with van der Waals surface area (Å²) in [6.45, 7) is 0. The minimum atomic E-state index is -0.0340. The molecule has 5 heteroatoms. The van der Waals surface area contributed by atoms with Crippen LogP contribution in [0, 0.1) is 0 Å². The molecule has 0 atom stereocenters. The van der Waals surface area contributed by atoms with Crippen molar-refractivity contribution in [3.63, 3.8) is 0 Å². The molecule has 0 fully saturated rings. The van der Waals surface area contributed by atoms with Crippen molar-refractivity contribution in [2.75, 3.05) is 0 Å². The Hall–Kier alpha value is -6.33. The zero-order valence-electron chi connectivity index (χ0n) is 26.6. The number of benzene rings is 7. The van der Waals surface area contributed by atoms with Gasteiger partial charge in [-0.1, -0.05) is 115 Å². The predicted molar refractivity (Wildman–Crippen MR) is 198 cm³/mol. The van der Waals surface area contributed by atoms with Crippen LogP contribution in [-0.2, 0) is 14.1 Å². The van der Waals surface area contributed by atoms with Crippen LogP contribution in [0.4, 0.5) is 0 Å². The highest BCUT2D eigenvalue weighted by Crippen LogP contribution is 2.35. The predicted octanol–water partition coefficient (Wildman–Crippen LogP) is 9.79. The fraction of sp³-hybridized carbons (Fsp3) is 0.0465. The van der Waals surface area contributed by atoms with Gasteiger partial charge in [0.2, 0.25) is 0 Å². The molecule has 9 rings (SSSR count). The van der Waals surface area contributed by atoms with Gasteiger partial charge in [0, 0.05) is 30.8 Å². The zero-order chi connectivity index (χ0) is 32.4. The molecule has 228 valence electrons. The molecular weight excluding hydrogens is 589 g/mol. The summed E-state index contributed by atoms with van der Waals surface area (Å²) in [6.07, 6.45) is 0. The lowest BCUT2D eigenvalue weighted by Gasteiger charge is -2.12. The second-order valence-electron chi connectivity index (χ2n) is 12.4. The Labute approximate surface area is 277 Å². The number of aryl methyl sites for hydroxylation is 2. The van der Waals surface area contributed by atoms with Gasteiger partial charge in [-0.25, -0.2) is 14.8 Å². The molecule has 9 aromatic rings. The first-order chi connectivity index (χ1) is 23.5. The first-order valence-electron chi connectivity index (χ1n) is 16.1. The molecule has 0 saturated heterocycles. The van der Waals surface area contributed by atoms with Crippen molar-refractivity contribution in [1.29, 1.82) is 0 Å². The number of nitrogens with zero attached hydrogens (tertiary/aromatic N) is 4. The second-order valence-corrected chi connectivity index (χ2v) is 12.4. The number of hydrogen-bond acceptors (Lipinski definition) is 3. The highest BCUT2D eigenvalue weighted by molar-refractivity contribution is 6.17. The summed E-state index contributed by atoms with van der Waals surface area (Å²) in [5, 5.41) is 7.42. The Morgan fingerprint density at radius 3 is 1.81 bits per heavy atom. The third kappa shape index (κ3) is 4.51. The average Bonchev–Trinajstić information content (AvgIpc) is 3.37. The third-order valence-electron chi connectivity index (χ3n) is 9.56. The van der Waals surface area contributed by atoms with Crippen molar-refractivity contribution < 1.29 is 0 Å². The minimum absolute atomic E-state index is 0.0340. The molecule has 5 nitrogen and oxygen atoms in total. The lowest BCUT2D eigenvalue weighted by molar-refractivity contribution is 0.795. The topological polar surface area (TPSA) is 52.7 Å². The van der Waals surface area contributed by atoms with E-state index in [1.165, 1.54) is 32.3 Å². The molecule has 0 saturated carbocycles. The van der Waals surface area contributed by atoms with Crippen molar-refractivity contribution in [2.24, 2.45) is 14.1 Å². The summed E-state index contributed by atoms with van der Waals surface area (Å²) in [4.78, 5) is 22.7. The fourth-order valence-corrected chi connectivity index (χ4v) is 6.99. The smallest absolute Gasteiger partial charge is 0.295 e. The van der Waals surface area contributed by atoms with Crippen molar-refractivity contribution >= 4 is 43.4 Å². The molecule has 0 unspecified atom stereocenters. The van der Waals surface area contributed by atoms with Crippen molar-refractivity contribution in [3.05, 3.63) is 156 Å². The van der Waals surface area contributed by atoms with Crippen LogP contribution >= 0.6 is 0 Å². The third-order valence-corrected chi connectivity index (χ3v) is 9.56. The van der Waals surface area contributed by atoms with Gasteiger partial charge in [-0.05, 0) is 73.8 Å². The number of hydrogen-bond donors (Lipinski definition) is 0. The normalized spacial score (nSPS) is 11.6. The monoisotopic (exact) mass is 618 g/mol. The molecule has 0 aliphatic rings. The summed E-state index contributed by atoms with van der Waals surface area (Å²) in [5.74, 6) is 0.680.